The van der Waals surface area contributed by atoms with Crippen LogP contribution in [0.1, 0.15) is 0 Å². The Bertz CT molecular complexity index is 1150. The van der Waals surface area contributed by atoms with E-state index in [0.29, 0.717) is 23.0 Å². The molecule has 7 heteroatoms. The van der Waals surface area contributed by atoms with E-state index in [4.69, 9.17) is 5.73 Å². The van der Waals surface area contributed by atoms with Gasteiger partial charge in [0.15, 0.2) is 23.0 Å². The molecule has 0 spiro atoms. The molecule has 0 unspecified atom stereocenters. The van der Waals surface area contributed by atoms with Gasteiger partial charge in [0.05, 0.1) is 16.6 Å². The highest BCUT2D eigenvalue weighted by atomic mass is 15.3. The largest absolute Gasteiger partial charge is 0.382 e. The van der Waals surface area contributed by atoms with Crippen LogP contribution in [0.2, 0.25) is 0 Å². The summed E-state index contributed by atoms with van der Waals surface area (Å²) in [5.41, 5.74) is 10.0. The summed E-state index contributed by atoms with van der Waals surface area (Å²) < 4.78 is 1.61. The number of hydrogen-bond acceptors (Lipinski definition) is 5. The Morgan fingerprint density at radius 2 is 1.70 bits per heavy atom. The number of nitrogens with zero attached hydrogens (tertiary/aromatic N) is 5. The Hall–Kier alpha value is -3.48. The van der Waals surface area contributed by atoms with Gasteiger partial charge in [-0.25, -0.2) is 4.98 Å². The number of anilines is 1. The minimum absolute atomic E-state index is 0.408. The smallest absolute Gasteiger partial charge is 0.187 e. The molecule has 0 radical (unpaired) electrons. The number of nitrogens with two attached hydrogens (primary N) is 1. The number of imidazole rings is 1. The van der Waals surface area contributed by atoms with Crippen LogP contribution in [-0.4, -0.2) is 29.8 Å². The number of hydrogen-bond donors (Lipinski definition) is 2. The monoisotopic (exact) mass is 301 g/mol. The molecule has 3 aromatic heterocycles. The minimum atomic E-state index is 0.408. The average Bonchev–Trinajstić information content (AvgIpc) is 3.16. The van der Waals surface area contributed by atoms with Crippen molar-refractivity contribution in [3.63, 3.8) is 0 Å². The third-order valence-electron chi connectivity index (χ3n) is 3.88. The van der Waals surface area contributed by atoms with Gasteiger partial charge in [-0.05, 0) is 24.3 Å². The normalized spacial score (nSPS) is 11.7. The summed E-state index contributed by atoms with van der Waals surface area (Å²) in [6.07, 6.45) is 0. The van der Waals surface area contributed by atoms with Crippen molar-refractivity contribution in [1.29, 1.82) is 0 Å². The molecule has 5 aromatic rings. The third kappa shape index (κ3) is 1.64. The number of para-hydroxylation sites is 2. The lowest BCUT2D eigenvalue weighted by molar-refractivity contribution is 0.912. The molecule has 0 saturated heterocycles. The van der Waals surface area contributed by atoms with Gasteiger partial charge in [-0.2, -0.15) is 9.61 Å². The number of nitrogens with one attached hydrogen (secondary N) is 1. The maximum absolute atomic E-state index is 6.27. The number of benzene rings is 2. The molecule has 0 aliphatic rings. The van der Waals surface area contributed by atoms with Crippen molar-refractivity contribution in [2.75, 3.05) is 5.73 Å². The number of rotatable bonds is 1. The summed E-state index contributed by atoms with van der Waals surface area (Å²) >= 11 is 0. The van der Waals surface area contributed by atoms with Gasteiger partial charge in [0.25, 0.3) is 0 Å². The van der Waals surface area contributed by atoms with Gasteiger partial charge >= 0.3 is 0 Å². The second-order valence-corrected chi connectivity index (χ2v) is 5.29. The molecule has 2 aromatic carbocycles. The quantitative estimate of drug-likeness (QED) is 0.495. The Morgan fingerprint density at radius 3 is 2.57 bits per heavy atom. The highest BCUT2D eigenvalue weighted by Crippen LogP contribution is 2.26. The predicted molar refractivity (Wildman–Crippen MR) is 87.8 cm³/mol. The summed E-state index contributed by atoms with van der Waals surface area (Å²) in [5.74, 6) is 0.989. The molecule has 0 saturated carbocycles. The Kier molecular flexibility index (Phi) is 2.24. The van der Waals surface area contributed by atoms with Gasteiger partial charge in [-0.1, -0.05) is 24.3 Å². The SMILES string of the molecule is Nc1c(-c2nc3ccccc3[nH]2)nnc2c3ccccc3nn12. The van der Waals surface area contributed by atoms with Crippen LogP contribution in [0.4, 0.5) is 5.82 Å². The lowest BCUT2D eigenvalue weighted by Crippen LogP contribution is -2.06. The fourth-order valence-corrected chi connectivity index (χ4v) is 2.77. The molecular formula is C16H11N7. The average molecular weight is 301 g/mol. The first-order valence-electron chi connectivity index (χ1n) is 7.16. The summed E-state index contributed by atoms with van der Waals surface area (Å²) in [7, 11) is 0. The van der Waals surface area contributed by atoms with Crippen molar-refractivity contribution in [3.8, 4) is 11.5 Å². The van der Waals surface area contributed by atoms with Crippen molar-refractivity contribution in [3.05, 3.63) is 48.5 Å². The molecule has 23 heavy (non-hydrogen) atoms. The van der Waals surface area contributed by atoms with Gasteiger partial charge in [0.1, 0.15) is 0 Å². The number of H-pyrrole nitrogens is 1. The van der Waals surface area contributed by atoms with Crippen molar-refractivity contribution in [1.82, 2.24) is 29.8 Å². The summed E-state index contributed by atoms with van der Waals surface area (Å²) in [6.45, 7) is 0. The summed E-state index contributed by atoms with van der Waals surface area (Å²) in [4.78, 5) is 7.74. The van der Waals surface area contributed by atoms with Gasteiger partial charge in [0.2, 0.25) is 0 Å². The number of fused-ring (bicyclic) bond motifs is 4. The van der Waals surface area contributed by atoms with Crippen LogP contribution in [0.5, 0.6) is 0 Å². The van der Waals surface area contributed by atoms with Crippen molar-refractivity contribution >= 4 is 33.4 Å². The molecule has 110 valence electrons. The molecule has 7 nitrogen and oxygen atoms in total. The van der Waals surface area contributed by atoms with E-state index < -0.39 is 0 Å². The Morgan fingerprint density at radius 1 is 0.913 bits per heavy atom. The maximum atomic E-state index is 6.27. The second kappa shape index (κ2) is 4.26. The number of aromatic amines is 1. The maximum Gasteiger partial charge on any atom is 0.187 e. The summed E-state index contributed by atoms with van der Waals surface area (Å²) in [5, 5.41) is 14.0. The topological polar surface area (TPSA) is 97.8 Å². The van der Waals surface area contributed by atoms with Crippen LogP contribution in [0, 0.1) is 0 Å². The second-order valence-electron chi connectivity index (χ2n) is 5.29. The van der Waals surface area contributed by atoms with E-state index >= 15 is 0 Å². The zero-order chi connectivity index (χ0) is 15.4. The molecule has 3 N–H and O–H groups in total. The first kappa shape index (κ1) is 12.1. The molecule has 5 rings (SSSR count). The zero-order valence-corrected chi connectivity index (χ0v) is 11.9. The third-order valence-corrected chi connectivity index (χ3v) is 3.88. The van der Waals surface area contributed by atoms with Crippen LogP contribution >= 0.6 is 0 Å². The van der Waals surface area contributed by atoms with E-state index in [1.807, 2.05) is 48.5 Å². The predicted octanol–water partition coefficient (Wildman–Crippen LogP) is 2.40. The molecule has 0 fully saturated rings. The van der Waals surface area contributed by atoms with E-state index in [1.165, 1.54) is 0 Å². The standard InChI is InChI=1S/C16H11N7/c17-14-13(15-18-11-7-3-4-8-12(11)19-15)20-21-16-9-5-1-2-6-10(9)22-23(14)16/h1-8H,17H2,(H,18,19). The number of aromatic nitrogens is 6. The lowest BCUT2D eigenvalue weighted by atomic mass is 10.2. The van der Waals surface area contributed by atoms with Gasteiger partial charge in [0, 0.05) is 5.39 Å². The Labute approximate surface area is 129 Å². The molecule has 0 atom stereocenters. The molecule has 0 bridgehead atoms. The first-order valence-corrected chi connectivity index (χ1v) is 7.16. The highest BCUT2D eigenvalue weighted by Gasteiger charge is 2.16. The molecule has 0 aliphatic heterocycles. The Balaban J connectivity index is 1.81. The van der Waals surface area contributed by atoms with E-state index in [1.54, 1.807) is 4.52 Å². The van der Waals surface area contributed by atoms with E-state index in [2.05, 4.69) is 25.3 Å². The van der Waals surface area contributed by atoms with Crippen molar-refractivity contribution < 1.29 is 0 Å². The van der Waals surface area contributed by atoms with Crippen LogP contribution in [-0.2, 0) is 0 Å². The van der Waals surface area contributed by atoms with E-state index in [-0.39, 0.29) is 0 Å². The zero-order valence-electron chi connectivity index (χ0n) is 11.9. The van der Waals surface area contributed by atoms with Crippen LogP contribution in [0.25, 0.3) is 39.1 Å². The van der Waals surface area contributed by atoms with Crippen molar-refractivity contribution in [2.24, 2.45) is 0 Å². The fraction of sp³-hybridized carbons (Fsp3) is 0. The van der Waals surface area contributed by atoms with Crippen LogP contribution in [0.15, 0.2) is 48.5 Å². The van der Waals surface area contributed by atoms with Crippen LogP contribution in [0.3, 0.4) is 0 Å². The molecule has 3 heterocycles. The van der Waals surface area contributed by atoms with Crippen LogP contribution < -0.4 is 5.73 Å². The van der Waals surface area contributed by atoms with Gasteiger partial charge in [-0.15, -0.1) is 10.2 Å². The highest BCUT2D eigenvalue weighted by molar-refractivity contribution is 5.93. The van der Waals surface area contributed by atoms with Crippen molar-refractivity contribution in [2.45, 2.75) is 0 Å². The van der Waals surface area contributed by atoms with E-state index in [0.717, 1.165) is 21.9 Å². The molecular weight excluding hydrogens is 290 g/mol. The lowest BCUT2D eigenvalue weighted by Gasteiger charge is -2.02. The number of nitrogen functional groups attached to an aromatic ring is 1. The minimum Gasteiger partial charge on any atom is -0.382 e. The summed E-state index contributed by atoms with van der Waals surface area (Å²) in [6, 6.07) is 15.5. The first-order chi connectivity index (χ1) is 11.3. The van der Waals surface area contributed by atoms with Gasteiger partial charge < -0.3 is 10.7 Å². The fourth-order valence-electron chi connectivity index (χ4n) is 2.77. The van der Waals surface area contributed by atoms with Gasteiger partial charge in [-0.3, -0.25) is 0 Å². The van der Waals surface area contributed by atoms with E-state index in [9.17, 15) is 0 Å². The molecule has 0 amide bonds. The molecule has 0 aliphatic carbocycles.